The largest absolute Gasteiger partial charge is 0.493 e. The van der Waals surface area contributed by atoms with Crippen LogP contribution < -0.4 is 10.1 Å². The lowest BCUT2D eigenvalue weighted by Gasteiger charge is -2.08. The zero-order valence-electron chi connectivity index (χ0n) is 17.3. The Morgan fingerprint density at radius 3 is 2.87 bits per heavy atom. The van der Waals surface area contributed by atoms with Gasteiger partial charge in [0.25, 0.3) is 5.91 Å². The molecule has 2 aromatic carbocycles. The van der Waals surface area contributed by atoms with Crippen LogP contribution in [0.5, 0.6) is 5.75 Å². The van der Waals surface area contributed by atoms with Crippen molar-refractivity contribution in [2.75, 3.05) is 11.9 Å². The van der Waals surface area contributed by atoms with Gasteiger partial charge < -0.3 is 4.74 Å². The number of carbonyl (C=O) groups excluding carboxylic acids is 1. The van der Waals surface area contributed by atoms with Crippen molar-refractivity contribution in [2.24, 2.45) is 0 Å². The Morgan fingerprint density at radius 1 is 1.32 bits per heavy atom. The number of para-hydroxylation sites is 1. The van der Waals surface area contributed by atoms with Gasteiger partial charge >= 0.3 is 0 Å². The van der Waals surface area contributed by atoms with Crippen LogP contribution in [0.1, 0.15) is 34.9 Å². The molecule has 3 rings (SSSR count). The van der Waals surface area contributed by atoms with E-state index in [2.05, 4.69) is 10.3 Å². The smallest absolute Gasteiger partial charge is 0.268 e. The lowest BCUT2D eigenvalue weighted by molar-refractivity contribution is -0.112. The van der Waals surface area contributed by atoms with E-state index in [1.54, 1.807) is 6.20 Å². The van der Waals surface area contributed by atoms with Crippen molar-refractivity contribution in [1.29, 1.82) is 5.26 Å². The first-order valence-electron chi connectivity index (χ1n) is 9.85. The normalized spacial score (nSPS) is 11.1. The number of carbonyl (C=O) groups is 1. The number of hydrogen-bond donors (Lipinski definition) is 1. The third-order valence-electron chi connectivity index (χ3n) is 4.43. The van der Waals surface area contributed by atoms with Gasteiger partial charge in [0.1, 0.15) is 17.4 Å². The minimum atomic E-state index is -0.507. The summed E-state index contributed by atoms with van der Waals surface area (Å²) >= 11 is 7.56. The number of thiazole rings is 1. The van der Waals surface area contributed by atoms with E-state index in [0.717, 1.165) is 27.4 Å². The maximum Gasteiger partial charge on any atom is 0.268 e. The highest BCUT2D eigenvalue weighted by Gasteiger charge is 2.14. The molecule has 1 heterocycles. The molecular weight excluding hydrogens is 430 g/mol. The van der Waals surface area contributed by atoms with Crippen LogP contribution in [0.4, 0.5) is 5.13 Å². The van der Waals surface area contributed by atoms with Crippen LogP contribution in [0, 0.1) is 18.3 Å². The van der Waals surface area contributed by atoms with E-state index in [1.807, 2.05) is 62.4 Å². The molecule has 3 aromatic rings. The second-order valence-electron chi connectivity index (χ2n) is 6.90. The maximum atomic E-state index is 12.6. The van der Waals surface area contributed by atoms with Gasteiger partial charge in [-0.1, -0.05) is 48.9 Å². The highest BCUT2D eigenvalue weighted by molar-refractivity contribution is 7.15. The van der Waals surface area contributed by atoms with E-state index < -0.39 is 5.91 Å². The number of benzene rings is 2. The average Bonchev–Trinajstić information content (AvgIpc) is 3.20. The highest BCUT2D eigenvalue weighted by Crippen LogP contribution is 2.25. The molecular formula is C24H22ClN3O2S. The molecule has 0 aliphatic heterocycles. The van der Waals surface area contributed by atoms with E-state index in [4.69, 9.17) is 16.3 Å². The molecule has 0 saturated carbocycles. The number of aromatic nitrogens is 1. The topological polar surface area (TPSA) is 75.0 Å². The van der Waals surface area contributed by atoms with Gasteiger partial charge in [-0.2, -0.15) is 5.26 Å². The monoisotopic (exact) mass is 451 g/mol. The lowest BCUT2D eigenvalue weighted by Crippen LogP contribution is -2.13. The van der Waals surface area contributed by atoms with Crippen molar-refractivity contribution in [3.05, 3.63) is 80.8 Å². The summed E-state index contributed by atoms with van der Waals surface area (Å²) in [6.45, 7) is 4.54. The quantitative estimate of drug-likeness (QED) is 0.335. The molecule has 1 N–H and O–H groups in total. The van der Waals surface area contributed by atoms with Crippen LogP contribution in [-0.2, 0) is 11.2 Å². The Morgan fingerprint density at radius 2 is 2.13 bits per heavy atom. The number of halogens is 1. The zero-order valence-corrected chi connectivity index (χ0v) is 18.9. The van der Waals surface area contributed by atoms with Gasteiger partial charge in [-0.25, -0.2) is 4.98 Å². The van der Waals surface area contributed by atoms with E-state index in [9.17, 15) is 10.1 Å². The number of amides is 1. The van der Waals surface area contributed by atoms with Crippen LogP contribution in [0.15, 0.2) is 54.2 Å². The number of nitriles is 1. The molecule has 1 aromatic heterocycles. The number of ether oxygens (including phenoxy) is 1. The van der Waals surface area contributed by atoms with Gasteiger partial charge in [0, 0.05) is 28.1 Å². The number of nitrogens with one attached hydrogen (secondary N) is 1. The maximum absolute atomic E-state index is 12.6. The summed E-state index contributed by atoms with van der Waals surface area (Å²) in [5.74, 6) is 0.130. The molecule has 31 heavy (non-hydrogen) atoms. The standard InChI is InChI=1S/C24H22ClN3O2S/c1-3-10-30-22-7-5-4-6-18(22)13-19(14-26)23(29)28-24-27-15-20(31-24)11-17-9-8-16(2)21(25)12-17/h4-9,12-13,15H,3,10-11H2,1-2H3,(H,27,28,29)/b19-13+. The molecule has 158 valence electrons. The first-order chi connectivity index (χ1) is 15.0. The molecule has 0 unspecified atom stereocenters. The molecule has 0 spiro atoms. The van der Waals surface area contributed by atoms with E-state index >= 15 is 0 Å². The fourth-order valence-corrected chi connectivity index (χ4v) is 3.85. The third kappa shape index (κ3) is 6.17. The lowest BCUT2D eigenvalue weighted by atomic mass is 10.1. The van der Waals surface area contributed by atoms with Gasteiger partial charge in [0.05, 0.1) is 6.61 Å². The predicted octanol–water partition coefficient (Wildman–Crippen LogP) is 6.03. The van der Waals surface area contributed by atoms with Crippen molar-refractivity contribution in [3.63, 3.8) is 0 Å². The van der Waals surface area contributed by atoms with Crippen molar-refractivity contribution < 1.29 is 9.53 Å². The van der Waals surface area contributed by atoms with E-state index in [1.165, 1.54) is 17.4 Å². The molecule has 0 atom stereocenters. The first kappa shape index (κ1) is 22.5. The van der Waals surface area contributed by atoms with Gasteiger partial charge in [0.2, 0.25) is 0 Å². The second-order valence-corrected chi connectivity index (χ2v) is 8.42. The Bertz CT molecular complexity index is 1150. The van der Waals surface area contributed by atoms with Crippen molar-refractivity contribution in [3.8, 4) is 11.8 Å². The first-order valence-corrected chi connectivity index (χ1v) is 11.0. The van der Waals surface area contributed by atoms with E-state index in [-0.39, 0.29) is 5.57 Å². The molecule has 0 fully saturated rings. The molecule has 0 bridgehead atoms. The Labute approximate surface area is 191 Å². The Kier molecular flexibility index (Phi) is 7.82. The van der Waals surface area contributed by atoms with Crippen LogP contribution in [0.3, 0.4) is 0 Å². The Balaban J connectivity index is 1.71. The van der Waals surface area contributed by atoms with Crippen molar-refractivity contribution in [2.45, 2.75) is 26.7 Å². The average molecular weight is 452 g/mol. The molecule has 0 saturated heterocycles. The fraction of sp³-hybridized carbons (Fsp3) is 0.208. The molecule has 0 aliphatic rings. The Hall–Kier alpha value is -3.14. The predicted molar refractivity (Wildman–Crippen MR) is 126 cm³/mol. The third-order valence-corrected chi connectivity index (χ3v) is 5.75. The van der Waals surface area contributed by atoms with Crippen molar-refractivity contribution >= 4 is 40.1 Å². The van der Waals surface area contributed by atoms with Gasteiger partial charge in [-0.05, 0) is 42.7 Å². The van der Waals surface area contributed by atoms with Gasteiger partial charge in [0.15, 0.2) is 5.13 Å². The van der Waals surface area contributed by atoms with Gasteiger partial charge in [-0.3, -0.25) is 10.1 Å². The van der Waals surface area contributed by atoms with Crippen LogP contribution in [0.2, 0.25) is 5.02 Å². The summed E-state index contributed by atoms with van der Waals surface area (Å²) in [6.07, 6.45) is 4.78. The minimum absolute atomic E-state index is 0.0189. The molecule has 0 radical (unpaired) electrons. The molecule has 7 heteroatoms. The number of anilines is 1. The molecule has 0 aliphatic carbocycles. The second kappa shape index (κ2) is 10.8. The number of aryl methyl sites for hydroxylation is 1. The van der Waals surface area contributed by atoms with Crippen LogP contribution >= 0.6 is 22.9 Å². The number of nitrogens with zero attached hydrogens (tertiary/aromatic N) is 2. The summed E-state index contributed by atoms with van der Waals surface area (Å²) in [5, 5.41) is 13.4. The summed E-state index contributed by atoms with van der Waals surface area (Å²) in [5.41, 5.74) is 2.76. The van der Waals surface area contributed by atoms with Crippen LogP contribution in [0.25, 0.3) is 6.08 Å². The highest BCUT2D eigenvalue weighted by atomic mass is 35.5. The number of hydrogen-bond acceptors (Lipinski definition) is 5. The molecule has 1 amide bonds. The number of rotatable bonds is 8. The van der Waals surface area contributed by atoms with Gasteiger partial charge in [-0.15, -0.1) is 11.3 Å². The van der Waals surface area contributed by atoms with E-state index in [0.29, 0.717) is 29.5 Å². The summed E-state index contributed by atoms with van der Waals surface area (Å²) in [7, 11) is 0. The SMILES string of the molecule is CCCOc1ccccc1/C=C(\C#N)C(=O)Nc1ncc(Cc2ccc(C)c(Cl)c2)s1. The minimum Gasteiger partial charge on any atom is -0.493 e. The summed E-state index contributed by atoms with van der Waals surface area (Å²) < 4.78 is 5.70. The fourth-order valence-electron chi connectivity index (χ4n) is 2.81. The zero-order chi connectivity index (χ0) is 22.2. The summed E-state index contributed by atoms with van der Waals surface area (Å²) in [4.78, 5) is 17.9. The summed E-state index contributed by atoms with van der Waals surface area (Å²) in [6, 6.07) is 15.2. The van der Waals surface area contributed by atoms with Crippen molar-refractivity contribution in [1.82, 2.24) is 4.98 Å². The molecule has 5 nitrogen and oxygen atoms in total. The van der Waals surface area contributed by atoms with Crippen LogP contribution in [-0.4, -0.2) is 17.5 Å².